The molecule has 1 N–H and O–H groups in total. The van der Waals surface area contributed by atoms with E-state index in [0.29, 0.717) is 25.3 Å². The van der Waals surface area contributed by atoms with Gasteiger partial charge >= 0.3 is 5.76 Å². The molecule has 0 fully saturated rings. The minimum Gasteiger partial charge on any atom is -0.338 e. The zero-order valence-electron chi connectivity index (χ0n) is 12.2. The van der Waals surface area contributed by atoms with Crippen LogP contribution in [0.5, 0.6) is 0 Å². The summed E-state index contributed by atoms with van der Waals surface area (Å²) in [6.07, 6.45) is 1.03. The predicted molar refractivity (Wildman–Crippen MR) is 86.1 cm³/mol. The number of rotatable bonds is 6. The summed E-state index contributed by atoms with van der Waals surface area (Å²) in [4.78, 5) is 27.4. The molecule has 0 spiro atoms. The van der Waals surface area contributed by atoms with Crippen molar-refractivity contribution in [2.75, 3.05) is 13.1 Å². The summed E-state index contributed by atoms with van der Waals surface area (Å²) in [6, 6.07) is 2.46. The molecule has 1 amide bonds. The first-order chi connectivity index (χ1) is 10.9. The number of aromatic amines is 1. The molecule has 0 saturated carbocycles. The molecule has 0 atom stereocenters. The molecular weight excluding hydrogens is 393 g/mol. The molecule has 6 nitrogen and oxygen atoms in total. The summed E-state index contributed by atoms with van der Waals surface area (Å²) in [6.45, 7) is 2.68. The summed E-state index contributed by atoms with van der Waals surface area (Å²) >= 11 is 9.07. The zero-order chi connectivity index (χ0) is 17.0. The Bertz CT molecular complexity index is 762. The predicted octanol–water partition coefficient (Wildman–Crippen LogP) is 3.01. The van der Waals surface area contributed by atoms with E-state index in [9.17, 15) is 14.0 Å². The van der Waals surface area contributed by atoms with Crippen LogP contribution >= 0.6 is 27.5 Å². The molecule has 2 rings (SSSR count). The van der Waals surface area contributed by atoms with Crippen LogP contribution in [0.2, 0.25) is 5.02 Å². The lowest BCUT2D eigenvalue weighted by molar-refractivity contribution is 0.0756. The first-order valence-corrected chi connectivity index (χ1v) is 8.08. The number of aromatic nitrogens is 2. The summed E-state index contributed by atoms with van der Waals surface area (Å²) in [7, 11) is 0. The van der Waals surface area contributed by atoms with E-state index in [4.69, 9.17) is 11.6 Å². The van der Waals surface area contributed by atoms with Crippen LogP contribution in [0.4, 0.5) is 4.39 Å². The van der Waals surface area contributed by atoms with Gasteiger partial charge in [-0.3, -0.25) is 14.3 Å². The monoisotopic (exact) mass is 405 g/mol. The van der Waals surface area contributed by atoms with E-state index < -0.39 is 11.6 Å². The van der Waals surface area contributed by atoms with Crippen molar-refractivity contribution in [1.82, 2.24) is 15.0 Å². The van der Waals surface area contributed by atoms with Crippen LogP contribution in [0.15, 0.2) is 25.9 Å². The third-order valence-electron chi connectivity index (χ3n) is 3.12. The van der Waals surface area contributed by atoms with E-state index in [1.807, 2.05) is 6.92 Å². The molecule has 0 radical (unpaired) electrons. The maximum atomic E-state index is 13.7. The van der Waals surface area contributed by atoms with E-state index >= 15 is 0 Å². The van der Waals surface area contributed by atoms with Crippen LogP contribution in [0, 0.1) is 5.82 Å². The fourth-order valence-electron chi connectivity index (χ4n) is 2.05. The Morgan fingerprint density at radius 3 is 2.83 bits per heavy atom. The number of carbonyl (C=O) groups excluding carboxylic acids is 1. The molecule has 1 aromatic heterocycles. The second-order valence-corrected chi connectivity index (χ2v) is 6.09. The number of halogens is 3. The Labute approximate surface area is 144 Å². The number of nitrogens with zero attached hydrogens (tertiary/aromatic N) is 2. The van der Waals surface area contributed by atoms with Crippen molar-refractivity contribution in [1.29, 1.82) is 0 Å². The van der Waals surface area contributed by atoms with E-state index in [0.717, 1.165) is 12.5 Å². The van der Waals surface area contributed by atoms with Gasteiger partial charge in [0, 0.05) is 19.5 Å². The molecule has 0 bridgehead atoms. The van der Waals surface area contributed by atoms with Gasteiger partial charge < -0.3 is 4.90 Å². The quantitative estimate of drug-likeness (QED) is 0.748. The molecule has 124 valence electrons. The maximum Gasteiger partial charge on any atom is 0.438 e. The third-order valence-corrected chi connectivity index (χ3v) is 4.05. The van der Waals surface area contributed by atoms with E-state index in [-0.39, 0.29) is 21.0 Å². The Morgan fingerprint density at radius 1 is 1.48 bits per heavy atom. The summed E-state index contributed by atoms with van der Waals surface area (Å²) in [5, 5.41) is 3.72. The Morgan fingerprint density at radius 2 is 2.22 bits per heavy atom. The minimum absolute atomic E-state index is 0.0921. The number of nitrogens with one attached hydrogen (secondary N) is 1. The Balaban J connectivity index is 2.17. The van der Waals surface area contributed by atoms with Gasteiger partial charge in [0.25, 0.3) is 5.91 Å². The van der Waals surface area contributed by atoms with Crippen LogP contribution in [0.25, 0.3) is 0 Å². The van der Waals surface area contributed by atoms with Crippen LogP contribution in [0.1, 0.15) is 29.5 Å². The van der Waals surface area contributed by atoms with Crippen molar-refractivity contribution >= 4 is 33.4 Å². The zero-order valence-corrected chi connectivity index (χ0v) is 14.6. The van der Waals surface area contributed by atoms with Gasteiger partial charge in [0.1, 0.15) is 5.82 Å². The van der Waals surface area contributed by atoms with Gasteiger partial charge in [0.05, 0.1) is 15.1 Å². The van der Waals surface area contributed by atoms with Crippen LogP contribution in [-0.2, 0) is 6.42 Å². The topological polar surface area (TPSA) is 79.2 Å². The van der Waals surface area contributed by atoms with Crippen LogP contribution < -0.4 is 5.76 Å². The fourth-order valence-corrected chi connectivity index (χ4v) is 2.77. The van der Waals surface area contributed by atoms with Crippen molar-refractivity contribution in [2.45, 2.75) is 19.8 Å². The highest BCUT2D eigenvalue weighted by Gasteiger charge is 2.20. The average molecular weight is 407 g/mol. The molecular formula is C14H14BrClFN3O3. The maximum absolute atomic E-state index is 13.7. The normalized spacial score (nSPS) is 10.8. The summed E-state index contributed by atoms with van der Waals surface area (Å²) in [5.41, 5.74) is 0.0921. The highest BCUT2D eigenvalue weighted by molar-refractivity contribution is 9.10. The van der Waals surface area contributed by atoms with Gasteiger partial charge in [0.15, 0.2) is 5.82 Å². The number of hydrogen-bond acceptors (Lipinski definition) is 4. The van der Waals surface area contributed by atoms with Gasteiger partial charge in [-0.15, -0.1) is 0 Å². The van der Waals surface area contributed by atoms with Crippen molar-refractivity contribution in [2.24, 2.45) is 0 Å². The molecule has 9 heteroatoms. The summed E-state index contributed by atoms with van der Waals surface area (Å²) < 4.78 is 18.3. The molecule has 0 aliphatic rings. The lowest BCUT2D eigenvalue weighted by Gasteiger charge is -2.22. The number of amides is 1. The molecule has 0 saturated heterocycles. The lowest BCUT2D eigenvalue weighted by atomic mass is 10.1. The molecule has 0 unspecified atom stereocenters. The van der Waals surface area contributed by atoms with Crippen molar-refractivity contribution < 1.29 is 13.7 Å². The van der Waals surface area contributed by atoms with Gasteiger partial charge in [-0.05, 0) is 34.5 Å². The Hall–Kier alpha value is -1.67. The average Bonchev–Trinajstić information content (AvgIpc) is 2.92. The minimum atomic E-state index is -0.647. The molecule has 23 heavy (non-hydrogen) atoms. The first kappa shape index (κ1) is 17.7. The van der Waals surface area contributed by atoms with E-state index in [1.54, 1.807) is 0 Å². The van der Waals surface area contributed by atoms with Gasteiger partial charge in [-0.25, -0.2) is 9.18 Å². The molecule has 0 aliphatic heterocycles. The number of carbonyl (C=O) groups is 1. The number of H-pyrrole nitrogens is 1. The van der Waals surface area contributed by atoms with Gasteiger partial charge in [0.2, 0.25) is 0 Å². The second-order valence-electron chi connectivity index (χ2n) is 4.83. The molecule has 1 heterocycles. The first-order valence-electron chi connectivity index (χ1n) is 6.91. The lowest BCUT2D eigenvalue weighted by Crippen LogP contribution is -2.34. The van der Waals surface area contributed by atoms with Gasteiger partial charge in [-0.2, -0.15) is 0 Å². The number of benzene rings is 1. The summed E-state index contributed by atoms with van der Waals surface area (Å²) in [5.74, 6) is -1.24. The van der Waals surface area contributed by atoms with E-state index in [1.165, 1.54) is 11.0 Å². The van der Waals surface area contributed by atoms with Crippen molar-refractivity contribution in [3.05, 3.63) is 49.4 Å². The smallest absolute Gasteiger partial charge is 0.338 e. The SMILES string of the molecule is CCCN(CCc1noc(=O)[nH]1)C(=O)c1cc(F)c(Br)cc1Cl. The Kier molecular flexibility index (Phi) is 5.95. The largest absolute Gasteiger partial charge is 0.438 e. The van der Waals surface area contributed by atoms with E-state index in [2.05, 4.69) is 30.6 Å². The molecule has 0 aliphatic carbocycles. The highest BCUT2D eigenvalue weighted by atomic mass is 79.9. The standard InChI is InChI=1S/C14H14BrClFN3O3/c1-2-4-20(5-3-12-18-14(22)23-19-12)13(21)8-6-11(17)9(15)7-10(8)16/h6-7H,2-5H2,1H3,(H,18,19,22). The van der Waals surface area contributed by atoms with Crippen molar-refractivity contribution in [3.63, 3.8) is 0 Å². The fraction of sp³-hybridized carbons (Fsp3) is 0.357. The third kappa shape index (κ3) is 4.42. The van der Waals surface area contributed by atoms with Gasteiger partial charge in [-0.1, -0.05) is 23.7 Å². The van der Waals surface area contributed by atoms with Crippen molar-refractivity contribution in [3.8, 4) is 0 Å². The second kappa shape index (κ2) is 7.74. The highest BCUT2D eigenvalue weighted by Crippen LogP contribution is 2.25. The number of hydrogen-bond donors (Lipinski definition) is 1. The molecule has 2 aromatic rings. The molecule has 1 aromatic carbocycles. The van der Waals surface area contributed by atoms with Crippen LogP contribution in [-0.4, -0.2) is 34.0 Å². The van der Waals surface area contributed by atoms with Crippen LogP contribution in [0.3, 0.4) is 0 Å².